The van der Waals surface area contributed by atoms with Crippen LogP contribution in [0.25, 0.3) is 0 Å². The molecule has 1 aromatic carbocycles. The maximum absolute atomic E-state index is 11.0. The van der Waals surface area contributed by atoms with E-state index in [1.807, 2.05) is 20.8 Å². The van der Waals surface area contributed by atoms with Crippen molar-refractivity contribution in [2.45, 2.75) is 33.6 Å². The van der Waals surface area contributed by atoms with Gasteiger partial charge < -0.3 is 10.2 Å². The van der Waals surface area contributed by atoms with Crippen molar-refractivity contribution in [2.75, 3.05) is 0 Å². The lowest BCUT2D eigenvalue weighted by Gasteiger charge is -2.14. The smallest absolute Gasteiger partial charge is 0.306 e. The summed E-state index contributed by atoms with van der Waals surface area (Å²) in [6, 6.07) is 3.35. The van der Waals surface area contributed by atoms with E-state index in [1.54, 1.807) is 12.1 Å². The van der Waals surface area contributed by atoms with Gasteiger partial charge in [0, 0.05) is 0 Å². The van der Waals surface area contributed by atoms with Crippen molar-refractivity contribution in [2.24, 2.45) is 5.92 Å². The number of carbonyl (C=O) groups is 1. The second-order valence-electron chi connectivity index (χ2n) is 4.21. The molecular formula is C13H18O3. The van der Waals surface area contributed by atoms with Crippen LogP contribution in [0.4, 0.5) is 0 Å². The third kappa shape index (κ3) is 2.75. The molecule has 0 aliphatic rings. The van der Waals surface area contributed by atoms with E-state index >= 15 is 0 Å². The molecule has 0 saturated carbocycles. The second kappa shape index (κ2) is 5.01. The molecule has 1 atom stereocenters. The van der Waals surface area contributed by atoms with Crippen molar-refractivity contribution in [3.8, 4) is 5.75 Å². The first-order valence-electron chi connectivity index (χ1n) is 5.47. The summed E-state index contributed by atoms with van der Waals surface area (Å²) >= 11 is 0. The van der Waals surface area contributed by atoms with Gasteiger partial charge in [0.25, 0.3) is 0 Å². The maximum atomic E-state index is 11.0. The second-order valence-corrected chi connectivity index (χ2v) is 4.21. The van der Waals surface area contributed by atoms with Gasteiger partial charge in [-0.25, -0.2) is 0 Å². The molecule has 0 saturated heterocycles. The zero-order chi connectivity index (χ0) is 12.3. The Morgan fingerprint density at radius 1 is 1.31 bits per heavy atom. The number of hydrogen-bond acceptors (Lipinski definition) is 2. The molecule has 0 aliphatic carbocycles. The molecule has 0 aromatic heterocycles. The van der Waals surface area contributed by atoms with Gasteiger partial charge in [0.2, 0.25) is 0 Å². The minimum atomic E-state index is -0.755. The standard InChI is InChI=1S/C13H18O3/c1-4-10(13(15)16)7-12-8(2)5-11(14)6-9(12)3/h5-6,10,14H,4,7H2,1-3H3,(H,15,16)/t10-/m0/s1. The first kappa shape index (κ1) is 12.6. The highest BCUT2D eigenvalue weighted by atomic mass is 16.4. The largest absolute Gasteiger partial charge is 0.508 e. The molecule has 88 valence electrons. The Hall–Kier alpha value is -1.51. The fraction of sp³-hybridized carbons (Fsp3) is 0.462. The highest BCUT2D eigenvalue weighted by Crippen LogP contribution is 2.24. The zero-order valence-electron chi connectivity index (χ0n) is 9.95. The summed E-state index contributed by atoms with van der Waals surface area (Å²) in [6.07, 6.45) is 1.15. The van der Waals surface area contributed by atoms with E-state index in [1.165, 1.54) is 0 Å². The molecule has 0 spiro atoms. The molecular weight excluding hydrogens is 204 g/mol. The van der Waals surface area contributed by atoms with Gasteiger partial charge in [-0.1, -0.05) is 6.92 Å². The van der Waals surface area contributed by atoms with Gasteiger partial charge in [0.1, 0.15) is 5.75 Å². The summed E-state index contributed by atoms with van der Waals surface area (Å²) in [4.78, 5) is 11.0. The van der Waals surface area contributed by atoms with Crippen LogP contribution in [0, 0.1) is 19.8 Å². The number of benzene rings is 1. The van der Waals surface area contributed by atoms with Crippen molar-refractivity contribution in [3.63, 3.8) is 0 Å². The van der Waals surface area contributed by atoms with E-state index in [4.69, 9.17) is 5.11 Å². The Morgan fingerprint density at radius 2 is 1.81 bits per heavy atom. The molecule has 3 nitrogen and oxygen atoms in total. The summed E-state index contributed by atoms with van der Waals surface area (Å²) < 4.78 is 0. The molecule has 0 aliphatic heterocycles. The summed E-state index contributed by atoms with van der Waals surface area (Å²) in [5.74, 6) is -0.863. The minimum Gasteiger partial charge on any atom is -0.508 e. The fourth-order valence-electron chi connectivity index (χ4n) is 1.95. The van der Waals surface area contributed by atoms with Crippen LogP contribution in [-0.4, -0.2) is 16.2 Å². The van der Waals surface area contributed by atoms with Crippen LogP contribution in [0.15, 0.2) is 12.1 Å². The fourth-order valence-corrected chi connectivity index (χ4v) is 1.95. The Labute approximate surface area is 95.7 Å². The summed E-state index contributed by atoms with van der Waals surface area (Å²) in [6.45, 7) is 5.68. The molecule has 0 fully saturated rings. The third-order valence-electron chi connectivity index (χ3n) is 2.97. The van der Waals surface area contributed by atoms with Gasteiger partial charge in [0.05, 0.1) is 5.92 Å². The predicted molar refractivity (Wildman–Crippen MR) is 62.7 cm³/mol. The first-order chi connectivity index (χ1) is 7.45. The number of rotatable bonds is 4. The molecule has 1 rings (SSSR count). The molecule has 0 unspecified atom stereocenters. The van der Waals surface area contributed by atoms with Gasteiger partial charge in [-0.2, -0.15) is 0 Å². The monoisotopic (exact) mass is 222 g/mol. The lowest BCUT2D eigenvalue weighted by molar-refractivity contribution is -0.141. The van der Waals surface area contributed by atoms with E-state index in [2.05, 4.69) is 0 Å². The van der Waals surface area contributed by atoms with Crippen LogP contribution in [-0.2, 0) is 11.2 Å². The Balaban J connectivity index is 3.01. The molecule has 1 aromatic rings. The van der Waals surface area contributed by atoms with E-state index in [9.17, 15) is 9.90 Å². The minimum absolute atomic E-state index is 0.238. The molecule has 0 bridgehead atoms. The van der Waals surface area contributed by atoms with Crippen LogP contribution >= 0.6 is 0 Å². The van der Waals surface area contributed by atoms with Crippen LogP contribution in [0.3, 0.4) is 0 Å². The predicted octanol–water partition coefficient (Wildman–Crippen LogP) is 2.66. The molecule has 3 heteroatoms. The van der Waals surface area contributed by atoms with Crippen molar-refractivity contribution in [1.82, 2.24) is 0 Å². The highest BCUT2D eigenvalue weighted by molar-refractivity contribution is 5.70. The topological polar surface area (TPSA) is 57.5 Å². The lowest BCUT2D eigenvalue weighted by atomic mass is 9.91. The molecule has 0 radical (unpaired) electrons. The summed E-state index contributed by atoms with van der Waals surface area (Å²) in [5, 5.41) is 18.4. The number of aromatic hydroxyl groups is 1. The van der Waals surface area contributed by atoms with Crippen molar-refractivity contribution >= 4 is 5.97 Å². The van der Waals surface area contributed by atoms with Crippen LogP contribution in [0.1, 0.15) is 30.0 Å². The number of carboxylic acid groups (broad SMARTS) is 1. The number of carboxylic acids is 1. The Bertz CT molecular complexity index is 373. The number of phenolic OH excluding ortho intramolecular Hbond substituents is 1. The summed E-state index contributed by atoms with van der Waals surface area (Å²) in [7, 11) is 0. The van der Waals surface area contributed by atoms with E-state index < -0.39 is 5.97 Å². The van der Waals surface area contributed by atoms with Crippen molar-refractivity contribution < 1.29 is 15.0 Å². The van der Waals surface area contributed by atoms with E-state index in [0.29, 0.717) is 12.8 Å². The molecule has 2 N–H and O–H groups in total. The third-order valence-corrected chi connectivity index (χ3v) is 2.97. The average molecular weight is 222 g/mol. The van der Waals surface area contributed by atoms with E-state index in [0.717, 1.165) is 16.7 Å². The van der Waals surface area contributed by atoms with E-state index in [-0.39, 0.29) is 11.7 Å². The molecule has 0 heterocycles. The SMILES string of the molecule is CC[C@@H](Cc1c(C)cc(O)cc1C)C(=O)O. The lowest BCUT2D eigenvalue weighted by Crippen LogP contribution is -2.16. The van der Waals surface area contributed by atoms with Crippen molar-refractivity contribution in [1.29, 1.82) is 0 Å². The maximum Gasteiger partial charge on any atom is 0.306 e. The zero-order valence-corrected chi connectivity index (χ0v) is 9.95. The number of aryl methyl sites for hydroxylation is 2. The average Bonchev–Trinajstić information content (AvgIpc) is 2.15. The first-order valence-corrected chi connectivity index (χ1v) is 5.47. The summed E-state index contributed by atoms with van der Waals surface area (Å²) in [5.41, 5.74) is 2.95. The van der Waals surface area contributed by atoms with Gasteiger partial charge in [0.15, 0.2) is 0 Å². The normalized spacial score (nSPS) is 12.4. The Kier molecular flexibility index (Phi) is 3.93. The van der Waals surface area contributed by atoms with Gasteiger partial charge in [-0.05, 0) is 55.5 Å². The van der Waals surface area contributed by atoms with Crippen LogP contribution < -0.4 is 0 Å². The van der Waals surface area contributed by atoms with Gasteiger partial charge in [-0.15, -0.1) is 0 Å². The van der Waals surface area contributed by atoms with Gasteiger partial charge in [-0.3, -0.25) is 4.79 Å². The van der Waals surface area contributed by atoms with Crippen LogP contribution in [0.2, 0.25) is 0 Å². The molecule has 0 amide bonds. The van der Waals surface area contributed by atoms with Gasteiger partial charge >= 0.3 is 5.97 Å². The van der Waals surface area contributed by atoms with Crippen molar-refractivity contribution in [3.05, 3.63) is 28.8 Å². The number of hydrogen-bond donors (Lipinski definition) is 2. The Morgan fingerprint density at radius 3 is 2.19 bits per heavy atom. The highest BCUT2D eigenvalue weighted by Gasteiger charge is 2.18. The quantitative estimate of drug-likeness (QED) is 0.823. The number of phenols is 1. The van der Waals surface area contributed by atoms with Crippen LogP contribution in [0.5, 0.6) is 5.75 Å². The molecule has 16 heavy (non-hydrogen) atoms. The number of aliphatic carboxylic acids is 1.